The van der Waals surface area contributed by atoms with Gasteiger partial charge in [-0.3, -0.25) is 4.79 Å². The van der Waals surface area contributed by atoms with Crippen LogP contribution in [0.4, 0.5) is 4.79 Å². The van der Waals surface area contributed by atoms with Crippen molar-refractivity contribution in [3.8, 4) is 0 Å². The van der Waals surface area contributed by atoms with Gasteiger partial charge in [0.25, 0.3) is 5.91 Å². The van der Waals surface area contributed by atoms with Gasteiger partial charge in [-0.15, -0.1) is 0 Å². The Morgan fingerprint density at radius 1 is 1.04 bits per heavy atom. The first-order valence-electron chi connectivity index (χ1n) is 9.13. The number of carbonyl (C=O) groups is 3. The van der Waals surface area contributed by atoms with Gasteiger partial charge in [0.1, 0.15) is 0 Å². The van der Waals surface area contributed by atoms with Crippen molar-refractivity contribution in [2.75, 3.05) is 6.61 Å². The van der Waals surface area contributed by atoms with Gasteiger partial charge in [0, 0.05) is 6.54 Å². The zero-order chi connectivity index (χ0) is 20.4. The Morgan fingerprint density at radius 2 is 1.71 bits per heavy atom. The van der Waals surface area contributed by atoms with Crippen LogP contribution in [0.3, 0.4) is 0 Å². The molecule has 0 fully saturated rings. The minimum atomic E-state index is -0.619. The highest BCUT2D eigenvalue weighted by molar-refractivity contribution is 5.91. The Balaban J connectivity index is 1.85. The van der Waals surface area contributed by atoms with Crippen LogP contribution in [0.2, 0.25) is 0 Å². The van der Waals surface area contributed by atoms with Crippen LogP contribution in [-0.4, -0.2) is 24.5 Å². The van der Waals surface area contributed by atoms with Crippen molar-refractivity contribution in [3.63, 3.8) is 0 Å². The Hall–Kier alpha value is -3.35. The van der Waals surface area contributed by atoms with E-state index in [0.29, 0.717) is 5.56 Å². The number of amides is 3. The van der Waals surface area contributed by atoms with Gasteiger partial charge in [-0.05, 0) is 29.7 Å². The average Bonchev–Trinajstić information content (AvgIpc) is 2.71. The molecule has 2 rings (SSSR count). The highest BCUT2D eigenvalue weighted by atomic mass is 16.5. The van der Waals surface area contributed by atoms with Gasteiger partial charge in [-0.25, -0.2) is 9.59 Å². The number of hydrogen-bond donors (Lipinski definition) is 3. The van der Waals surface area contributed by atoms with Gasteiger partial charge in [-0.2, -0.15) is 0 Å². The van der Waals surface area contributed by atoms with E-state index < -0.39 is 12.0 Å². The van der Waals surface area contributed by atoms with Crippen LogP contribution in [0.15, 0.2) is 54.6 Å². The molecule has 0 saturated carbocycles. The molecule has 3 amide bonds. The third-order valence-electron chi connectivity index (χ3n) is 4.11. The second kappa shape index (κ2) is 10.7. The second-order valence-electron chi connectivity index (χ2n) is 6.31. The van der Waals surface area contributed by atoms with E-state index in [-0.39, 0.29) is 25.1 Å². The fourth-order valence-electron chi connectivity index (χ4n) is 2.69. The lowest BCUT2D eigenvalue weighted by Gasteiger charge is -2.18. The number of carbonyl (C=O) groups excluding carboxylic acids is 3. The first-order chi connectivity index (χ1) is 13.5. The largest absolute Gasteiger partial charge is 0.452 e. The minimum Gasteiger partial charge on any atom is -0.452 e. The van der Waals surface area contributed by atoms with E-state index in [0.717, 1.165) is 24.0 Å². The Labute approximate surface area is 164 Å². The van der Waals surface area contributed by atoms with Gasteiger partial charge >= 0.3 is 12.0 Å². The molecule has 148 valence electrons. The lowest BCUT2D eigenvalue weighted by molar-refractivity contribution is -0.125. The number of benzene rings is 2. The predicted octanol–water partition coefficient (Wildman–Crippen LogP) is 2.67. The molecule has 0 bridgehead atoms. The molecule has 7 heteroatoms. The van der Waals surface area contributed by atoms with E-state index in [4.69, 9.17) is 10.5 Å². The van der Waals surface area contributed by atoms with E-state index in [1.165, 1.54) is 0 Å². The number of rotatable bonds is 9. The Kier molecular flexibility index (Phi) is 8.02. The van der Waals surface area contributed by atoms with E-state index in [9.17, 15) is 14.4 Å². The fraction of sp³-hybridized carbons (Fsp3) is 0.286. The summed E-state index contributed by atoms with van der Waals surface area (Å²) in [6, 6.07) is 15.5. The first-order valence-corrected chi connectivity index (χ1v) is 9.13. The number of urea groups is 1. The summed E-state index contributed by atoms with van der Waals surface area (Å²) in [6.07, 6.45) is 1.71. The highest BCUT2D eigenvalue weighted by Gasteiger charge is 2.15. The van der Waals surface area contributed by atoms with Gasteiger partial charge < -0.3 is 21.1 Å². The van der Waals surface area contributed by atoms with Crippen molar-refractivity contribution in [3.05, 3.63) is 71.3 Å². The van der Waals surface area contributed by atoms with Crippen LogP contribution < -0.4 is 16.4 Å². The van der Waals surface area contributed by atoms with E-state index in [1.54, 1.807) is 24.3 Å². The molecule has 0 spiro atoms. The number of primary amides is 1. The van der Waals surface area contributed by atoms with Gasteiger partial charge in [-0.1, -0.05) is 55.8 Å². The molecule has 0 heterocycles. The number of nitrogens with two attached hydrogens (primary N) is 1. The summed E-state index contributed by atoms with van der Waals surface area (Å²) in [5, 5.41) is 5.37. The molecule has 0 radical (unpaired) electrons. The minimum absolute atomic E-state index is 0.116. The SMILES string of the molecule is CCCC(NC(=O)COC(=O)c1ccc(CNC(N)=O)cc1)c1ccccc1. The molecule has 7 nitrogen and oxygen atoms in total. The van der Waals surface area contributed by atoms with Crippen LogP contribution in [-0.2, 0) is 16.1 Å². The van der Waals surface area contributed by atoms with Crippen molar-refractivity contribution in [2.45, 2.75) is 32.4 Å². The average molecular weight is 383 g/mol. The number of hydrogen-bond acceptors (Lipinski definition) is 4. The number of ether oxygens (including phenoxy) is 1. The summed E-state index contributed by atoms with van der Waals surface area (Å²) in [5.41, 5.74) is 7.15. The molecule has 1 atom stereocenters. The van der Waals surface area contributed by atoms with Crippen LogP contribution in [0.5, 0.6) is 0 Å². The maximum atomic E-state index is 12.2. The second-order valence-corrected chi connectivity index (χ2v) is 6.31. The summed E-state index contributed by atoms with van der Waals surface area (Å²) in [6.45, 7) is 1.97. The number of nitrogens with one attached hydrogen (secondary N) is 2. The van der Waals surface area contributed by atoms with Gasteiger partial charge in [0.2, 0.25) is 0 Å². The molecule has 28 heavy (non-hydrogen) atoms. The predicted molar refractivity (Wildman–Crippen MR) is 105 cm³/mol. The zero-order valence-electron chi connectivity index (χ0n) is 15.8. The molecule has 0 aliphatic heterocycles. The van der Waals surface area contributed by atoms with Gasteiger partial charge in [0.15, 0.2) is 6.61 Å². The summed E-state index contributed by atoms with van der Waals surface area (Å²) >= 11 is 0. The lowest BCUT2D eigenvalue weighted by Crippen LogP contribution is -2.32. The van der Waals surface area contributed by atoms with Crippen LogP contribution in [0.25, 0.3) is 0 Å². The third-order valence-corrected chi connectivity index (χ3v) is 4.11. The lowest BCUT2D eigenvalue weighted by atomic mass is 10.0. The van der Waals surface area contributed by atoms with E-state index in [2.05, 4.69) is 10.6 Å². The monoisotopic (exact) mass is 383 g/mol. The smallest absolute Gasteiger partial charge is 0.338 e. The Bertz CT molecular complexity index is 791. The molecule has 0 aliphatic rings. The van der Waals surface area contributed by atoms with E-state index in [1.807, 2.05) is 37.3 Å². The summed E-state index contributed by atoms with van der Waals surface area (Å²) < 4.78 is 5.10. The topological polar surface area (TPSA) is 111 Å². The van der Waals surface area contributed by atoms with Crippen LogP contribution in [0.1, 0.15) is 47.3 Å². The Morgan fingerprint density at radius 3 is 2.32 bits per heavy atom. The number of esters is 1. The summed E-state index contributed by atoms with van der Waals surface area (Å²) in [4.78, 5) is 35.0. The van der Waals surface area contributed by atoms with Crippen molar-refractivity contribution in [1.29, 1.82) is 0 Å². The molecule has 2 aromatic rings. The van der Waals surface area contributed by atoms with Crippen molar-refractivity contribution < 1.29 is 19.1 Å². The normalized spacial score (nSPS) is 11.3. The van der Waals surface area contributed by atoms with E-state index >= 15 is 0 Å². The van der Waals surface area contributed by atoms with Crippen LogP contribution >= 0.6 is 0 Å². The third kappa shape index (κ3) is 6.75. The maximum Gasteiger partial charge on any atom is 0.338 e. The molecular weight excluding hydrogens is 358 g/mol. The summed E-state index contributed by atoms with van der Waals surface area (Å²) in [5.74, 6) is -0.936. The summed E-state index contributed by atoms with van der Waals surface area (Å²) in [7, 11) is 0. The molecule has 0 aromatic heterocycles. The molecular formula is C21H25N3O4. The fourth-order valence-corrected chi connectivity index (χ4v) is 2.69. The van der Waals surface area contributed by atoms with Gasteiger partial charge in [0.05, 0.1) is 11.6 Å². The molecule has 0 aliphatic carbocycles. The first kappa shape index (κ1) is 21.0. The highest BCUT2D eigenvalue weighted by Crippen LogP contribution is 2.18. The van der Waals surface area contributed by atoms with Crippen molar-refractivity contribution >= 4 is 17.9 Å². The molecule has 1 unspecified atom stereocenters. The van der Waals surface area contributed by atoms with Crippen molar-refractivity contribution in [1.82, 2.24) is 10.6 Å². The zero-order valence-corrected chi connectivity index (χ0v) is 15.8. The molecule has 0 saturated heterocycles. The van der Waals surface area contributed by atoms with Crippen LogP contribution in [0, 0.1) is 0 Å². The molecule has 2 aromatic carbocycles. The quantitative estimate of drug-likeness (QED) is 0.578. The van der Waals surface area contributed by atoms with Crippen molar-refractivity contribution in [2.24, 2.45) is 5.73 Å². The maximum absolute atomic E-state index is 12.2. The molecule has 4 N–H and O–H groups in total. The standard InChI is InChI=1S/C21H25N3O4/c1-2-6-18(16-7-4-3-5-8-16)24-19(25)14-28-20(26)17-11-9-15(10-12-17)13-23-21(22)27/h3-5,7-12,18H,2,6,13-14H2,1H3,(H,24,25)(H3,22,23,27).